The number of anilines is 1. The predicted molar refractivity (Wildman–Crippen MR) is 112 cm³/mol. The zero-order valence-electron chi connectivity index (χ0n) is 15.4. The molecule has 0 bridgehead atoms. The monoisotopic (exact) mass is 409 g/mol. The van der Waals surface area contributed by atoms with Crippen LogP contribution in [0.25, 0.3) is 22.0 Å². The zero-order valence-corrected chi connectivity index (χ0v) is 16.2. The van der Waals surface area contributed by atoms with Gasteiger partial charge in [0.2, 0.25) is 0 Å². The van der Waals surface area contributed by atoms with Crippen LogP contribution >= 0.6 is 11.6 Å². The van der Waals surface area contributed by atoms with Gasteiger partial charge in [0.25, 0.3) is 5.91 Å². The van der Waals surface area contributed by atoms with Gasteiger partial charge in [-0.2, -0.15) is 5.10 Å². The third-order valence-electron chi connectivity index (χ3n) is 4.48. The molecule has 0 saturated carbocycles. The number of carbonyl (C=O) groups excluding carboxylic acids is 1. The number of nitrogens with zero attached hydrogens (tertiary/aromatic N) is 1. The van der Waals surface area contributed by atoms with E-state index in [4.69, 9.17) is 16.3 Å². The van der Waals surface area contributed by atoms with Crippen molar-refractivity contribution in [1.29, 1.82) is 0 Å². The number of hydrogen-bond acceptors (Lipinski definition) is 3. The van der Waals surface area contributed by atoms with Crippen molar-refractivity contribution in [2.24, 2.45) is 0 Å². The van der Waals surface area contributed by atoms with Gasteiger partial charge in [0.1, 0.15) is 11.6 Å². The van der Waals surface area contributed by atoms with Crippen molar-refractivity contribution < 1.29 is 13.9 Å². The summed E-state index contributed by atoms with van der Waals surface area (Å²) in [6, 6.07) is 19.3. The fraction of sp³-hybridized carbons (Fsp3) is 0.0909. The largest absolute Gasteiger partial charge is 0.481 e. The molecule has 1 unspecified atom stereocenters. The van der Waals surface area contributed by atoms with Crippen LogP contribution in [0.2, 0.25) is 5.02 Å². The van der Waals surface area contributed by atoms with E-state index >= 15 is 0 Å². The molecule has 0 saturated heterocycles. The summed E-state index contributed by atoms with van der Waals surface area (Å²) in [6.45, 7) is 1.67. The number of para-hydroxylation sites is 1. The Bertz CT molecular complexity index is 1180. The van der Waals surface area contributed by atoms with Gasteiger partial charge in [-0.25, -0.2) is 4.39 Å². The molecule has 146 valence electrons. The highest BCUT2D eigenvalue weighted by Gasteiger charge is 2.17. The predicted octanol–water partition coefficient (Wildman–Crippen LogP) is 5.43. The molecule has 0 aliphatic heterocycles. The topological polar surface area (TPSA) is 67.0 Å². The van der Waals surface area contributed by atoms with Crippen molar-refractivity contribution >= 4 is 34.2 Å². The van der Waals surface area contributed by atoms with Crippen LogP contribution < -0.4 is 10.1 Å². The number of fused-ring (bicyclic) bond motifs is 1. The van der Waals surface area contributed by atoms with E-state index in [9.17, 15) is 9.18 Å². The van der Waals surface area contributed by atoms with Crippen molar-refractivity contribution in [3.8, 4) is 16.9 Å². The smallest absolute Gasteiger partial charge is 0.266 e. The molecule has 0 aliphatic rings. The number of amides is 1. The second-order valence-electron chi connectivity index (χ2n) is 6.52. The molecule has 5 nitrogen and oxygen atoms in total. The number of hydrogen-bond donors (Lipinski definition) is 2. The molecule has 0 fully saturated rings. The molecule has 7 heteroatoms. The Kier molecular flexibility index (Phi) is 5.18. The number of aromatic amines is 1. The first kappa shape index (κ1) is 19.0. The molecular weight excluding hydrogens is 393 g/mol. The molecule has 1 atom stereocenters. The van der Waals surface area contributed by atoms with E-state index in [1.807, 2.05) is 36.4 Å². The number of carbonyl (C=O) groups is 1. The summed E-state index contributed by atoms with van der Waals surface area (Å²) in [5.74, 6) is 0.258. The van der Waals surface area contributed by atoms with Crippen molar-refractivity contribution in [1.82, 2.24) is 10.2 Å². The number of halogens is 2. The van der Waals surface area contributed by atoms with Gasteiger partial charge < -0.3 is 10.1 Å². The van der Waals surface area contributed by atoms with Crippen LogP contribution in [0, 0.1) is 5.82 Å². The summed E-state index contributed by atoms with van der Waals surface area (Å²) in [5.41, 5.74) is 2.36. The van der Waals surface area contributed by atoms with Gasteiger partial charge in [0.05, 0.1) is 10.5 Å². The maximum Gasteiger partial charge on any atom is 0.266 e. The normalized spacial score (nSPS) is 12.0. The average Bonchev–Trinajstić information content (AvgIpc) is 3.12. The van der Waals surface area contributed by atoms with Crippen molar-refractivity contribution in [3.63, 3.8) is 0 Å². The van der Waals surface area contributed by atoms with Crippen molar-refractivity contribution in [2.75, 3.05) is 5.32 Å². The molecule has 1 aromatic heterocycles. The Morgan fingerprint density at radius 2 is 1.83 bits per heavy atom. The van der Waals surface area contributed by atoms with E-state index in [0.29, 0.717) is 11.6 Å². The van der Waals surface area contributed by atoms with Crippen LogP contribution in [0.1, 0.15) is 6.92 Å². The van der Waals surface area contributed by atoms with E-state index in [0.717, 1.165) is 22.0 Å². The quantitative estimate of drug-likeness (QED) is 0.462. The van der Waals surface area contributed by atoms with E-state index in [1.165, 1.54) is 6.07 Å². The Balaban J connectivity index is 1.53. The standard InChI is InChI=1S/C22H17ClFN3O2/c1-13(29-16-5-3-2-4-6-16)22(28)25-21-17-9-7-15(12-20(17)26-27-21)14-8-10-19(24)18(23)11-14/h2-13H,1H3,(H2,25,26,27,28). The molecule has 4 aromatic rings. The van der Waals surface area contributed by atoms with Crippen LogP contribution in [-0.2, 0) is 4.79 Å². The summed E-state index contributed by atoms with van der Waals surface area (Å²) < 4.78 is 19.0. The lowest BCUT2D eigenvalue weighted by molar-refractivity contribution is -0.122. The molecule has 3 aromatic carbocycles. The van der Waals surface area contributed by atoms with Gasteiger partial charge in [0, 0.05) is 5.39 Å². The van der Waals surface area contributed by atoms with E-state index < -0.39 is 11.9 Å². The molecule has 1 amide bonds. The lowest BCUT2D eigenvalue weighted by atomic mass is 10.0. The number of ether oxygens (including phenoxy) is 1. The summed E-state index contributed by atoms with van der Waals surface area (Å²) in [4.78, 5) is 12.5. The number of benzene rings is 3. The van der Waals surface area contributed by atoms with Crippen molar-refractivity contribution in [3.05, 3.63) is 77.6 Å². The van der Waals surface area contributed by atoms with Gasteiger partial charge in [-0.3, -0.25) is 9.89 Å². The molecule has 0 spiro atoms. The van der Waals surface area contributed by atoms with Crippen LogP contribution in [0.3, 0.4) is 0 Å². The van der Waals surface area contributed by atoms with Gasteiger partial charge >= 0.3 is 0 Å². The van der Waals surface area contributed by atoms with Crippen LogP contribution in [0.4, 0.5) is 10.2 Å². The molecular formula is C22H17ClFN3O2. The highest BCUT2D eigenvalue weighted by Crippen LogP contribution is 2.29. The second-order valence-corrected chi connectivity index (χ2v) is 6.93. The minimum absolute atomic E-state index is 0.0626. The fourth-order valence-corrected chi connectivity index (χ4v) is 3.13. The number of aromatic nitrogens is 2. The first-order valence-corrected chi connectivity index (χ1v) is 9.35. The molecule has 4 rings (SSSR count). The highest BCUT2D eigenvalue weighted by atomic mass is 35.5. The fourth-order valence-electron chi connectivity index (χ4n) is 2.95. The minimum Gasteiger partial charge on any atom is -0.481 e. The summed E-state index contributed by atoms with van der Waals surface area (Å²) in [7, 11) is 0. The summed E-state index contributed by atoms with van der Waals surface area (Å²) in [5, 5.41) is 10.7. The number of H-pyrrole nitrogens is 1. The van der Waals surface area contributed by atoms with E-state index in [-0.39, 0.29) is 10.9 Å². The minimum atomic E-state index is -0.690. The number of rotatable bonds is 5. The molecule has 0 aliphatic carbocycles. The molecule has 0 radical (unpaired) electrons. The van der Waals surface area contributed by atoms with Gasteiger partial charge in [-0.15, -0.1) is 0 Å². The summed E-state index contributed by atoms with van der Waals surface area (Å²) >= 11 is 5.88. The van der Waals surface area contributed by atoms with Gasteiger partial charge in [0.15, 0.2) is 11.9 Å². The van der Waals surface area contributed by atoms with Gasteiger partial charge in [-0.05, 0) is 54.4 Å². The van der Waals surface area contributed by atoms with E-state index in [1.54, 1.807) is 31.2 Å². The van der Waals surface area contributed by atoms with Crippen molar-refractivity contribution in [2.45, 2.75) is 13.0 Å². The third-order valence-corrected chi connectivity index (χ3v) is 4.77. The van der Waals surface area contributed by atoms with Crippen LogP contribution in [-0.4, -0.2) is 22.2 Å². The Morgan fingerprint density at radius 1 is 1.10 bits per heavy atom. The first-order chi connectivity index (χ1) is 14.0. The average molecular weight is 410 g/mol. The molecule has 1 heterocycles. The molecule has 29 heavy (non-hydrogen) atoms. The SMILES string of the molecule is CC(Oc1ccccc1)C(=O)Nc1n[nH]c2cc(-c3ccc(F)c(Cl)c3)ccc12. The maximum atomic E-state index is 13.4. The zero-order chi connectivity index (χ0) is 20.4. The molecule has 2 N–H and O–H groups in total. The third kappa shape index (κ3) is 4.07. The van der Waals surface area contributed by atoms with Crippen LogP contribution in [0.5, 0.6) is 5.75 Å². The highest BCUT2D eigenvalue weighted by molar-refractivity contribution is 6.31. The Hall–Kier alpha value is -3.38. The summed E-state index contributed by atoms with van der Waals surface area (Å²) in [6.07, 6.45) is -0.690. The van der Waals surface area contributed by atoms with Gasteiger partial charge in [-0.1, -0.05) is 41.9 Å². The first-order valence-electron chi connectivity index (χ1n) is 8.97. The lowest BCUT2D eigenvalue weighted by Gasteiger charge is -2.13. The Labute approximate surface area is 171 Å². The lowest BCUT2D eigenvalue weighted by Crippen LogP contribution is -2.30. The second kappa shape index (κ2) is 7.93. The Morgan fingerprint density at radius 3 is 2.59 bits per heavy atom. The number of nitrogens with one attached hydrogen (secondary N) is 2. The van der Waals surface area contributed by atoms with Crippen LogP contribution in [0.15, 0.2) is 66.7 Å². The van der Waals surface area contributed by atoms with E-state index in [2.05, 4.69) is 15.5 Å². The maximum absolute atomic E-state index is 13.4.